The van der Waals surface area contributed by atoms with Gasteiger partial charge in [0.1, 0.15) is 0 Å². The molecular weight excluding hydrogens is 330 g/mol. The SMILES string of the molecule is Cc1cccc2sc(N3CCCC(NS(=O)(=O)C(C)C)C3)nc12. The van der Waals surface area contributed by atoms with Crippen molar-refractivity contribution in [1.82, 2.24) is 9.71 Å². The van der Waals surface area contributed by atoms with Crippen LogP contribution in [0.25, 0.3) is 10.2 Å². The molecule has 0 amide bonds. The molecule has 1 aliphatic rings. The third-order valence-corrected chi connectivity index (χ3v) is 7.24. The number of thiazole rings is 1. The number of anilines is 1. The summed E-state index contributed by atoms with van der Waals surface area (Å²) in [5.41, 5.74) is 2.23. The Hall–Kier alpha value is -1.18. The van der Waals surface area contributed by atoms with Crippen LogP contribution >= 0.6 is 11.3 Å². The number of hydrogen-bond donors (Lipinski definition) is 1. The predicted molar refractivity (Wildman–Crippen MR) is 96.8 cm³/mol. The third-order valence-electron chi connectivity index (χ3n) is 4.25. The van der Waals surface area contributed by atoms with Crippen molar-refractivity contribution >= 4 is 36.7 Å². The Morgan fingerprint density at radius 3 is 2.87 bits per heavy atom. The summed E-state index contributed by atoms with van der Waals surface area (Å²) in [5, 5.41) is 0.589. The van der Waals surface area contributed by atoms with E-state index in [1.54, 1.807) is 25.2 Å². The highest BCUT2D eigenvalue weighted by atomic mass is 32.2. The monoisotopic (exact) mass is 353 g/mol. The Morgan fingerprint density at radius 2 is 2.17 bits per heavy atom. The predicted octanol–water partition coefficient (Wildman–Crippen LogP) is 2.90. The molecular formula is C16H23N3O2S2. The minimum atomic E-state index is -3.23. The van der Waals surface area contributed by atoms with Gasteiger partial charge in [0.25, 0.3) is 0 Å². The molecule has 0 saturated carbocycles. The molecule has 1 aromatic heterocycles. The van der Waals surface area contributed by atoms with Gasteiger partial charge in [0.15, 0.2) is 5.13 Å². The third kappa shape index (κ3) is 3.51. The Balaban J connectivity index is 1.79. The first-order valence-corrected chi connectivity index (χ1v) is 10.4. The van der Waals surface area contributed by atoms with Gasteiger partial charge in [-0.25, -0.2) is 18.1 Å². The van der Waals surface area contributed by atoms with Gasteiger partial charge >= 0.3 is 0 Å². The normalized spacial score (nSPS) is 19.7. The molecule has 1 unspecified atom stereocenters. The lowest BCUT2D eigenvalue weighted by Gasteiger charge is -2.33. The summed E-state index contributed by atoms with van der Waals surface area (Å²) in [7, 11) is -3.23. The van der Waals surface area contributed by atoms with Gasteiger partial charge in [-0.05, 0) is 45.2 Å². The summed E-state index contributed by atoms with van der Waals surface area (Å²) in [5.74, 6) is 0. The highest BCUT2D eigenvalue weighted by molar-refractivity contribution is 7.90. The largest absolute Gasteiger partial charge is 0.346 e. The smallest absolute Gasteiger partial charge is 0.214 e. The lowest BCUT2D eigenvalue weighted by Crippen LogP contribution is -2.49. The van der Waals surface area contributed by atoms with E-state index in [9.17, 15) is 8.42 Å². The molecule has 1 fully saturated rings. The molecule has 0 bridgehead atoms. The maximum Gasteiger partial charge on any atom is 0.214 e. The van der Waals surface area contributed by atoms with Gasteiger partial charge in [-0.1, -0.05) is 23.5 Å². The summed E-state index contributed by atoms with van der Waals surface area (Å²) >= 11 is 1.68. The number of nitrogens with one attached hydrogen (secondary N) is 1. The highest BCUT2D eigenvalue weighted by Gasteiger charge is 2.27. The van der Waals surface area contributed by atoms with Crippen LogP contribution in [0.15, 0.2) is 18.2 Å². The number of benzene rings is 1. The van der Waals surface area contributed by atoms with E-state index in [4.69, 9.17) is 4.98 Å². The first-order valence-electron chi connectivity index (χ1n) is 7.99. The van der Waals surface area contributed by atoms with E-state index in [1.165, 1.54) is 10.3 Å². The quantitative estimate of drug-likeness (QED) is 0.918. The topological polar surface area (TPSA) is 62.3 Å². The zero-order valence-electron chi connectivity index (χ0n) is 13.7. The van der Waals surface area contributed by atoms with Crippen molar-refractivity contribution < 1.29 is 8.42 Å². The van der Waals surface area contributed by atoms with E-state index in [0.29, 0.717) is 6.54 Å². The summed E-state index contributed by atoms with van der Waals surface area (Å²) in [6.07, 6.45) is 1.85. The van der Waals surface area contributed by atoms with Crippen LogP contribution in [0, 0.1) is 6.92 Å². The minimum absolute atomic E-state index is 0.0377. The van der Waals surface area contributed by atoms with E-state index < -0.39 is 15.3 Å². The molecule has 0 radical (unpaired) electrons. The fourth-order valence-electron chi connectivity index (χ4n) is 2.83. The molecule has 1 N–H and O–H groups in total. The number of aryl methyl sites for hydroxylation is 1. The average Bonchev–Trinajstić information content (AvgIpc) is 2.92. The molecule has 2 heterocycles. The van der Waals surface area contributed by atoms with Crippen LogP contribution in [0.3, 0.4) is 0 Å². The van der Waals surface area contributed by atoms with Gasteiger partial charge in [-0.15, -0.1) is 0 Å². The first kappa shape index (κ1) is 16.7. The summed E-state index contributed by atoms with van der Waals surface area (Å²) in [4.78, 5) is 6.98. The number of piperidine rings is 1. The van der Waals surface area contributed by atoms with Crippen LogP contribution in [-0.2, 0) is 10.0 Å². The second-order valence-corrected chi connectivity index (χ2v) is 9.69. The standard InChI is InChI=1S/C16H23N3O2S2/c1-11(2)23(20,21)18-13-7-5-9-19(10-13)16-17-15-12(3)6-4-8-14(15)22-16/h4,6,8,11,13,18H,5,7,9-10H2,1-3H3. The number of nitrogens with zero attached hydrogens (tertiary/aromatic N) is 2. The van der Waals surface area contributed by atoms with Crippen molar-refractivity contribution in [3.8, 4) is 0 Å². The minimum Gasteiger partial charge on any atom is -0.346 e. The Bertz CT molecular complexity index is 799. The van der Waals surface area contributed by atoms with Gasteiger partial charge in [0.05, 0.1) is 15.5 Å². The molecule has 23 heavy (non-hydrogen) atoms. The zero-order valence-corrected chi connectivity index (χ0v) is 15.4. The van der Waals surface area contributed by atoms with Gasteiger partial charge in [0.2, 0.25) is 10.0 Å². The molecule has 1 aliphatic heterocycles. The maximum atomic E-state index is 12.1. The van der Waals surface area contributed by atoms with Gasteiger partial charge < -0.3 is 4.90 Å². The molecule has 1 saturated heterocycles. The van der Waals surface area contributed by atoms with Gasteiger partial charge in [-0.3, -0.25) is 0 Å². The van der Waals surface area contributed by atoms with E-state index >= 15 is 0 Å². The number of para-hydroxylation sites is 1. The Morgan fingerprint density at radius 1 is 1.39 bits per heavy atom. The molecule has 1 aromatic carbocycles. The second-order valence-electron chi connectivity index (χ2n) is 6.41. The van der Waals surface area contributed by atoms with E-state index in [0.717, 1.165) is 30.0 Å². The second kappa shape index (κ2) is 6.37. The lowest BCUT2D eigenvalue weighted by molar-refractivity contribution is 0.463. The fraction of sp³-hybridized carbons (Fsp3) is 0.562. The van der Waals surface area contributed by atoms with Gasteiger partial charge in [0, 0.05) is 19.1 Å². The molecule has 0 aliphatic carbocycles. The number of sulfonamides is 1. The van der Waals surface area contributed by atoms with E-state index in [1.807, 2.05) is 0 Å². The van der Waals surface area contributed by atoms with Crippen molar-refractivity contribution in [3.63, 3.8) is 0 Å². The van der Waals surface area contributed by atoms with Crippen LogP contribution in [0.1, 0.15) is 32.3 Å². The lowest BCUT2D eigenvalue weighted by atomic mass is 10.1. The summed E-state index contributed by atoms with van der Waals surface area (Å²) < 4.78 is 28.2. The molecule has 1 atom stereocenters. The molecule has 3 rings (SSSR count). The van der Waals surface area contributed by atoms with Gasteiger partial charge in [-0.2, -0.15) is 0 Å². The van der Waals surface area contributed by atoms with E-state index in [2.05, 4.69) is 34.7 Å². The maximum absolute atomic E-state index is 12.1. The van der Waals surface area contributed by atoms with E-state index in [-0.39, 0.29) is 6.04 Å². The van der Waals surface area contributed by atoms with Crippen LogP contribution in [0.4, 0.5) is 5.13 Å². The zero-order chi connectivity index (χ0) is 16.6. The van der Waals surface area contributed by atoms with Crippen LogP contribution in [0.5, 0.6) is 0 Å². The van der Waals surface area contributed by atoms with Crippen molar-refractivity contribution in [1.29, 1.82) is 0 Å². The van der Waals surface area contributed by atoms with Crippen molar-refractivity contribution in [2.45, 2.75) is 44.9 Å². The molecule has 5 nitrogen and oxygen atoms in total. The molecule has 7 heteroatoms. The number of hydrogen-bond acceptors (Lipinski definition) is 5. The summed E-state index contributed by atoms with van der Waals surface area (Å²) in [6, 6.07) is 6.17. The molecule has 0 spiro atoms. The van der Waals surface area contributed by atoms with Crippen molar-refractivity contribution in [2.75, 3.05) is 18.0 Å². The van der Waals surface area contributed by atoms with Crippen LogP contribution in [-0.4, -0.2) is 37.8 Å². The fourth-order valence-corrected chi connectivity index (χ4v) is 4.83. The number of fused-ring (bicyclic) bond motifs is 1. The highest BCUT2D eigenvalue weighted by Crippen LogP contribution is 2.32. The molecule has 2 aromatic rings. The van der Waals surface area contributed by atoms with Crippen molar-refractivity contribution in [3.05, 3.63) is 23.8 Å². The average molecular weight is 354 g/mol. The molecule has 126 valence electrons. The summed E-state index contributed by atoms with van der Waals surface area (Å²) in [6.45, 7) is 7.10. The van der Waals surface area contributed by atoms with Crippen molar-refractivity contribution in [2.24, 2.45) is 0 Å². The van der Waals surface area contributed by atoms with Crippen LogP contribution in [0.2, 0.25) is 0 Å². The number of aromatic nitrogens is 1. The van der Waals surface area contributed by atoms with Crippen LogP contribution < -0.4 is 9.62 Å². The Labute approximate surface area is 141 Å². The number of rotatable bonds is 4. The Kier molecular flexibility index (Phi) is 4.62. The first-order chi connectivity index (χ1) is 10.9.